The van der Waals surface area contributed by atoms with Crippen molar-refractivity contribution in [1.29, 1.82) is 0 Å². The predicted molar refractivity (Wildman–Crippen MR) is 69.8 cm³/mol. The molecule has 1 aliphatic heterocycles. The summed E-state index contributed by atoms with van der Waals surface area (Å²) < 4.78 is 6.10. The summed E-state index contributed by atoms with van der Waals surface area (Å²) in [5.41, 5.74) is -1.50. The minimum atomic E-state index is -1.48. The number of H-pyrrole nitrogens is 1. The lowest BCUT2D eigenvalue weighted by Gasteiger charge is -2.17. The average molecular weight is 331 g/mol. The van der Waals surface area contributed by atoms with Crippen molar-refractivity contribution in [2.75, 3.05) is 13.2 Å². The SMILES string of the molecule is O=C([O-])C[NH2+]Cc1cn([C@@H]2O[C@H](CO)[C@@H](O)[C@H]2O)c(=O)[nH]c1=O. The highest BCUT2D eigenvalue weighted by Gasteiger charge is 2.43. The topological polar surface area (TPSA) is 182 Å². The molecular formula is C12H17N3O8. The van der Waals surface area contributed by atoms with E-state index in [9.17, 15) is 29.7 Å². The van der Waals surface area contributed by atoms with Crippen LogP contribution in [-0.2, 0) is 16.1 Å². The Balaban J connectivity index is 2.27. The number of quaternary nitrogens is 1. The van der Waals surface area contributed by atoms with E-state index < -0.39 is 48.4 Å². The summed E-state index contributed by atoms with van der Waals surface area (Å²) >= 11 is 0. The summed E-state index contributed by atoms with van der Waals surface area (Å²) in [5, 5.41) is 40.3. The number of aromatic amines is 1. The maximum Gasteiger partial charge on any atom is 0.330 e. The van der Waals surface area contributed by atoms with Gasteiger partial charge in [0.2, 0.25) is 0 Å². The molecule has 2 rings (SSSR count). The Hall–Kier alpha value is -2.05. The lowest BCUT2D eigenvalue weighted by atomic mass is 10.1. The summed E-state index contributed by atoms with van der Waals surface area (Å²) in [4.78, 5) is 36.0. The van der Waals surface area contributed by atoms with Crippen molar-refractivity contribution >= 4 is 5.97 Å². The number of carboxylic acid groups (broad SMARTS) is 1. The molecule has 11 nitrogen and oxygen atoms in total. The van der Waals surface area contributed by atoms with Gasteiger partial charge in [-0.2, -0.15) is 0 Å². The first-order chi connectivity index (χ1) is 10.8. The molecule has 11 heteroatoms. The van der Waals surface area contributed by atoms with Gasteiger partial charge in [0, 0.05) is 6.20 Å². The van der Waals surface area contributed by atoms with E-state index in [2.05, 4.69) is 0 Å². The summed E-state index contributed by atoms with van der Waals surface area (Å²) in [6.07, 6.45) is -4.10. The van der Waals surface area contributed by atoms with Gasteiger partial charge in [0.15, 0.2) is 6.23 Å². The zero-order chi connectivity index (χ0) is 17.1. The molecule has 1 aromatic heterocycles. The first-order valence-corrected chi connectivity index (χ1v) is 6.83. The predicted octanol–water partition coefficient (Wildman–Crippen LogP) is -6.04. The molecule has 0 aliphatic carbocycles. The summed E-state index contributed by atoms with van der Waals surface area (Å²) in [7, 11) is 0. The van der Waals surface area contributed by atoms with Crippen molar-refractivity contribution in [2.45, 2.75) is 31.1 Å². The van der Waals surface area contributed by atoms with Gasteiger partial charge >= 0.3 is 5.69 Å². The molecule has 0 saturated carbocycles. The zero-order valence-corrected chi connectivity index (χ0v) is 11.9. The number of rotatable bonds is 6. The van der Waals surface area contributed by atoms with Crippen LogP contribution < -0.4 is 21.7 Å². The molecule has 1 fully saturated rings. The number of nitrogens with one attached hydrogen (secondary N) is 1. The second kappa shape index (κ2) is 7.02. The summed E-state index contributed by atoms with van der Waals surface area (Å²) in [6.45, 7) is -0.968. The fourth-order valence-electron chi connectivity index (χ4n) is 2.32. The molecule has 0 spiro atoms. The number of nitrogens with two attached hydrogens (primary N) is 1. The molecule has 23 heavy (non-hydrogen) atoms. The first kappa shape index (κ1) is 17.3. The van der Waals surface area contributed by atoms with Crippen molar-refractivity contribution in [1.82, 2.24) is 9.55 Å². The van der Waals surface area contributed by atoms with E-state index in [1.165, 1.54) is 5.32 Å². The number of carboxylic acids is 1. The third-order valence-corrected chi connectivity index (χ3v) is 3.51. The Kier molecular flexibility index (Phi) is 5.28. The number of hydrogen-bond acceptors (Lipinski definition) is 8. The van der Waals surface area contributed by atoms with Gasteiger partial charge in [-0.25, -0.2) is 4.79 Å². The van der Waals surface area contributed by atoms with Gasteiger partial charge < -0.3 is 35.3 Å². The monoisotopic (exact) mass is 331 g/mol. The van der Waals surface area contributed by atoms with Crippen LogP contribution >= 0.6 is 0 Å². The van der Waals surface area contributed by atoms with E-state index in [0.717, 1.165) is 10.8 Å². The van der Waals surface area contributed by atoms with E-state index in [0.29, 0.717) is 0 Å². The lowest BCUT2D eigenvalue weighted by Crippen LogP contribution is -2.85. The minimum Gasteiger partial charge on any atom is -0.544 e. The smallest absolute Gasteiger partial charge is 0.330 e. The average Bonchev–Trinajstić information content (AvgIpc) is 2.77. The van der Waals surface area contributed by atoms with E-state index in [1.807, 2.05) is 4.98 Å². The summed E-state index contributed by atoms with van der Waals surface area (Å²) in [5.74, 6) is -1.31. The number of aliphatic carboxylic acids is 1. The molecule has 1 aromatic rings. The second-order valence-corrected chi connectivity index (χ2v) is 5.12. The van der Waals surface area contributed by atoms with Gasteiger partial charge in [0.1, 0.15) is 31.4 Å². The third-order valence-electron chi connectivity index (χ3n) is 3.51. The highest BCUT2D eigenvalue weighted by molar-refractivity contribution is 5.64. The van der Waals surface area contributed by atoms with Crippen molar-refractivity contribution in [3.63, 3.8) is 0 Å². The van der Waals surface area contributed by atoms with Crippen LogP contribution in [0.15, 0.2) is 15.8 Å². The lowest BCUT2D eigenvalue weighted by molar-refractivity contribution is -0.666. The highest BCUT2D eigenvalue weighted by atomic mass is 16.6. The quantitative estimate of drug-likeness (QED) is 0.341. The number of ether oxygens (including phenoxy) is 1. The standard InChI is InChI=1S/C12H17N3O8/c16-4-6-8(19)9(20)11(23-6)15-3-5(1-13-2-7(17)18)10(21)14-12(15)22/h3,6,8-9,11,13,16,19-20H,1-2,4H2,(H,17,18)(H,14,21,22)/t6-,8-,9-,11-/m1/s1. The van der Waals surface area contributed by atoms with Crippen LogP contribution in [0.1, 0.15) is 11.8 Å². The fraction of sp³-hybridized carbons (Fsp3) is 0.583. The van der Waals surface area contributed by atoms with Gasteiger partial charge in [0.25, 0.3) is 5.56 Å². The maximum atomic E-state index is 11.9. The van der Waals surface area contributed by atoms with Gasteiger partial charge in [-0.1, -0.05) is 0 Å². The second-order valence-electron chi connectivity index (χ2n) is 5.12. The zero-order valence-electron chi connectivity index (χ0n) is 11.9. The maximum absolute atomic E-state index is 11.9. The van der Waals surface area contributed by atoms with Gasteiger partial charge in [-0.05, 0) is 0 Å². The molecule has 0 unspecified atom stereocenters. The van der Waals surface area contributed by atoms with Crippen molar-refractivity contribution in [3.05, 3.63) is 32.6 Å². The molecule has 0 amide bonds. The first-order valence-electron chi connectivity index (χ1n) is 6.83. The Morgan fingerprint density at radius 2 is 2.09 bits per heavy atom. The molecule has 0 bridgehead atoms. The Bertz CT molecular complexity index is 684. The van der Waals surface area contributed by atoms with Crippen LogP contribution in [-0.4, -0.2) is 62.3 Å². The molecule has 6 N–H and O–H groups in total. The van der Waals surface area contributed by atoms with Crippen molar-refractivity contribution in [2.24, 2.45) is 0 Å². The number of nitrogens with zero attached hydrogens (tertiary/aromatic N) is 1. The molecule has 1 saturated heterocycles. The number of aromatic nitrogens is 2. The molecule has 0 aromatic carbocycles. The number of carbonyl (C=O) groups excluding carboxylic acids is 1. The fourth-order valence-corrected chi connectivity index (χ4v) is 2.32. The molecule has 128 valence electrons. The van der Waals surface area contributed by atoms with Crippen LogP contribution in [0.2, 0.25) is 0 Å². The van der Waals surface area contributed by atoms with Gasteiger partial charge in [-0.3, -0.25) is 14.3 Å². The summed E-state index contributed by atoms with van der Waals surface area (Å²) in [6, 6.07) is 0. The van der Waals surface area contributed by atoms with Crippen molar-refractivity contribution < 1.29 is 35.3 Å². The van der Waals surface area contributed by atoms with Crippen molar-refractivity contribution in [3.8, 4) is 0 Å². The van der Waals surface area contributed by atoms with E-state index >= 15 is 0 Å². The van der Waals surface area contributed by atoms with Crippen LogP contribution in [0, 0.1) is 0 Å². The Morgan fingerprint density at radius 1 is 1.39 bits per heavy atom. The normalized spacial score (nSPS) is 27.3. The largest absolute Gasteiger partial charge is 0.544 e. The molecular weight excluding hydrogens is 314 g/mol. The van der Waals surface area contributed by atoms with Crippen LogP contribution in [0.3, 0.4) is 0 Å². The van der Waals surface area contributed by atoms with Gasteiger partial charge in [0.05, 0.1) is 18.1 Å². The van der Waals surface area contributed by atoms with E-state index in [1.54, 1.807) is 0 Å². The third kappa shape index (κ3) is 3.65. The van der Waals surface area contributed by atoms with Gasteiger partial charge in [-0.15, -0.1) is 0 Å². The van der Waals surface area contributed by atoms with E-state index in [4.69, 9.17) is 9.84 Å². The van der Waals surface area contributed by atoms with E-state index in [-0.39, 0.29) is 18.7 Å². The molecule has 0 radical (unpaired) electrons. The van der Waals surface area contributed by atoms with Crippen LogP contribution in [0.25, 0.3) is 0 Å². The highest BCUT2D eigenvalue weighted by Crippen LogP contribution is 2.27. The number of aliphatic hydroxyl groups is 3. The van der Waals surface area contributed by atoms with Crippen LogP contribution in [0.4, 0.5) is 0 Å². The molecule has 2 heterocycles. The number of hydrogen-bond donors (Lipinski definition) is 5. The number of carbonyl (C=O) groups is 1. The Labute approximate surface area is 128 Å². The molecule has 1 aliphatic rings. The van der Waals surface area contributed by atoms with Crippen LogP contribution in [0.5, 0.6) is 0 Å². The minimum absolute atomic E-state index is 0.0433. The molecule has 4 atom stereocenters. The Morgan fingerprint density at radius 3 is 2.65 bits per heavy atom. The number of aliphatic hydroxyl groups excluding tert-OH is 3.